The van der Waals surface area contributed by atoms with E-state index in [0.29, 0.717) is 0 Å². The minimum atomic E-state index is 0.996. The van der Waals surface area contributed by atoms with Crippen LogP contribution in [0.2, 0.25) is 0 Å². The lowest BCUT2D eigenvalue weighted by atomic mass is 9.82. The Hall–Kier alpha value is -7.98. The predicted octanol–water partition coefficient (Wildman–Crippen LogP) is 19.1. The molecule has 0 atom stereocenters. The quantitative estimate of drug-likeness (QED) is 0.152. The van der Waals surface area contributed by atoms with Crippen LogP contribution in [-0.2, 0) is 0 Å². The summed E-state index contributed by atoms with van der Waals surface area (Å²) in [5, 5.41) is 3.00. The lowest BCUT2D eigenvalue weighted by Gasteiger charge is -2.33. The molecule has 0 fully saturated rings. The maximum atomic E-state index is 5.16. The molecule has 13 aromatic rings. The van der Waals surface area contributed by atoms with Crippen LogP contribution in [0.1, 0.15) is 0 Å². The Labute approximate surface area is 426 Å². The summed E-state index contributed by atoms with van der Waals surface area (Å²) >= 11 is 7.03. The Morgan fingerprint density at radius 3 is 1.13 bits per heavy atom. The molecular formula is C63H38N4S4. The zero-order chi connectivity index (χ0) is 46.8. The van der Waals surface area contributed by atoms with Gasteiger partial charge in [0.15, 0.2) is 0 Å². The molecule has 0 aliphatic carbocycles. The average Bonchev–Trinajstić information content (AvgIpc) is 4.20. The van der Waals surface area contributed by atoms with E-state index in [1.54, 1.807) is 34.0 Å². The van der Waals surface area contributed by atoms with Gasteiger partial charge >= 0.3 is 0 Å². The highest BCUT2D eigenvalue weighted by Crippen LogP contribution is 2.53. The second-order valence-corrected chi connectivity index (χ2v) is 21.7. The van der Waals surface area contributed by atoms with Crippen LogP contribution in [0.5, 0.6) is 0 Å². The van der Waals surface area contributed by atoms with Crippen molar-refractivity contribution in [2.24, 2.45) is 0 Å². The summed E-state index contributed by atoms with van der Waals surface area (Å²) in [6.07, 6.45) is 0. The molecule has 0 unspecified atom stereocenters. The predicted molar refractivity (Wildman–Crippen MR) is 303 cm³/mol. The van der Waals surface area contributed by atoms with Crippen molar-refractivity contribution in [2.75, 3.05) is 4.90 Å². The van der Waals surface area contributed by atoms with Crippen molar-refractivity contribution in [1.82, 2.24) is 15.0 Å². The third-order valence-corrected chi connectivity index (χ3v) is 17.5. The van der Waals surface area contributed by atoms with Gasteiger partial charge < -0.3 is 4.90 Å². The molecule has 14 rings (SSSR count). The van der Waals surface area contributed by atoms with Crippen LogP contribution in [-0.4, -0.2) is 15.0 Å². The molecule has 0 amide bonds. The van der Waals surface area contributed by atoms with Crippen molar-refractivity contribution in [2.45, 2.75) is 9.79 Å². The van der Waals surface area contributed by atoms with E-state index in [0.717, 1.165) is 98.5 Å². The third-order valence-electron chi connectivity index (χ3n) is 13.2. The number of fused-ring (bicyclic) bond motifs is 5. The number of rotatable bonds is 8. The summed E-state index contributed by atoms with van der Waals surface area (Å²) in [5.41, 5.74) is 18.7. The topological polar surface area (TPSA) is 41.9 Å². The van der Waals surface area contributed by atoms with Crippen LogP contribution in [0.3, 0.4) is 0 Å². The maximum Gasteiger partial charge on any atom is 0.124 e. The molecule has 4 heterocycles. The fourth-order valence-corrected chi connectivity index (χ4v) is 13.8. The molecule has 71 heavy (non-hydrogen) atoms. The number of hydrogen-bond acceptors (Lipinski definition) is 8. The van der Waals surface area contributed by atoms with Crippen LogP contribution in [0.4, 0.5) is 17.1 Å². The molecule has 0 bridgehead atoms. The fraction of sp³-hybridized carbons (Fsp3) is 0. The second kappa shape index (κ2) is 17.5. The molecule has 0 radical (unpaired) electrons. The van der Waals surface area contributed by atoms with Crippen LogP contribution < -0.4 is 4.90 Å². The van der Waals surface area contributed by atoms with E-state index in [1.165, 1.54) is 35.3 Å². The largest absolute Gasteiger partial charge is 0.308 e. The number of aromatic nitrogens is 3. The molecule has 4 nitrogen and oxygen atoms in total. The molecule has 334 valence electrons. The average molecular weight is 979 g/mol. The number of thiazole rings is 3. The van der Waals surface area contributed by atoms with Gasteiger partial charge in [-0.15, -0.1) is 34.0 Å². The minimum Gasteiger partial charge on any atom is -0.308 e. The normalized spacial score (nSPS) is 12.1. The highest BCUT2D eigenvalue weighted by molar-refractivity contribution is 7.99. The van der Waals surface area contributed by atoms with Gasteiger partial charge in [0.1, 0.15) is 15.0 Å². The number of benzene rings is 10. The molecule has 8 heteroatoms. The Bertz CT molecular complexity index is 4060. The molecule has 1 aliphatic rings. The first-order valence-corrected chi connectivity index (χ1v) is 26.7. The standard InChI is InChI=1S/C63H38N4S4/c1-6-28-54-49(23-1)64-61(69-54)43-19-11-15-39(35-43)47-33-34-48(40-16-12-20-44(36-40)62-65-50-24-2-7-29-55(50)70-62)60(59(47)41-17-13-21-45(37-41)63-66-51-25-3-8-30-56(51)71-63)42-18-14-22-46(38-42)67-52-26-4-9-31-57(52)68-58-32-10-5-27-53(58)67/h1-38H. The van der Waals surface area contributed by atoms with E-state index < -0.39 is 0 Å². The van der Waals surface area contributed by atoms with E-state index >= 15 is 0 Å². The van der Waals surface area contributed by atoms with Gasteiger partial charge in [-0.1, -0.05) is 151 Å². The van der Waals surface area contributed by atoms with Crippen LogP contribution in [0.25, 0.3) is 107 Å². The second-order valence-electron chi connectivity index (χ2n) is 17.5. The van der Waals surface area contributed by atoms with E-state index in [-0.39, 0.29) is 0 Å². The third kappa shape index (κ3) is 7.55. The molecule has 0 saturated heterocycles. The molecule has 3 aromatic heterocycles. The van der Waals surface area contributed by atoms with Gasteiger partial charge in [-0.05, 0) is 136 Å². The number of hydrogen-bond donors (Lipinski definition) is 0. The van der Waals surface area contributed by atoms with Gasteiger partial charge in [-0.3, -0.25) is 0 Å². The first kappa shape index (κ1) is 41.9. The molecule has 0 N–H and O–H groups in total. The van der Waals surface area contributed by atoms with Gasteiger partial charge in [0.05, 0.1) is 42.0 Å². The fourth-order valence-electron chi connectivity index (χ4n) is 9.90. The van der Waals surface area contributed by atoms with Crippen LogP contribution >= 0.6 is 45.8 Å². The summed E-state index contributed by atoms with van der Waals surface area (Å²) in [4.78, 5) is 20.3. The molecule has 10 aromatic carbocycles. The summed E-state index contributed by atoms with van der Waals surface area (Å²) in [6, 6.07) is 83.4. The van der Waals surface area contributed by atoms with E-state index in [1.807, 2.05) is 11.8 Å². The van der Waals surface area contributed by atoms with Crippen molar-refractivity contribution in [3.63, 3.8) is 0 Å². The Morgan fingerprint density at radius 1 is 0.296 bits per heavy atom. The van der Waals surface area contributed by atoms with Gasteiger partial charge in [0.25, 0.3) is 0 Å². The van der Waals surface area contributed by atoms with E-state index in [9.17, 15) is 0 Å². The van der Waals surface area contributed by atoms with E-state index in [4.69, 9.17) is 15.0 Å². The summed E-state index contributed by atoms with van der Waals surface area (Å²) in [6.45, 7) is 0. The van der Waals surface area contributed by atoms with Gasteiger partial charge in [-0.2, -0.15) is 0 Å². The smallest absolute Gasteiger partial charge is 0.124 e. The van der Waals surface area contributed by atoms with Crippen molar-refractivity contribution < 1.29 is 0 Å². The zero-order valence-corrected chi connectivity index (χ0v) is 41.1. The highest BCUT2D eigenvalue weighted by atomic mass is 32.2. The van der Waals surface area contributed by atoms with Crippen LogP contribution in [0, 0.1) is 0 Å². The van der Waals surface area contributed by atoms with E-state index in [2.05, 4.69) is 235 Å². The minimum absolute atomic E-state index is 0.996. The summed E-state index contributed by atoms with van der Waals surface area (Å²) < 4.78 is 3.53. The number of nitrogens with zero attached hydrogens (tertiary/aromatic N) is 4. The van der Waals surface area contributed by atoms with Gasteiger partial charge in [0, 0.05) is 32.2 Å². The van der Waals surface area contributed by atoms with Crippen LogP contribution in [0.15, 0.2) is 240 Å². The number of para-hydroxylation sites is 5. The Balaban J connectivity index is 1.04. The van der Waals surface area contributed by atoms with Crippen molar-refractivity contribution in [1.29, 1.82) is 0 Å². The molecule has 0 saturated carbocycles. The highest BCUT2D eigenvalue weighted by Gasteiger charge is 2.27. The SMILES string of the molecule is c1cc(-c2nc3ccccc3s2)cc(-c2ccc(-c3cccc(-c4nc5ccccc5s4)c3)c(-c3cccc(N4c5ccccc5Sc5ccccc54)c3)c2-c2cccc(-c3nc4ccccc4s3)c2)c1. The van der Waals surface area contributed by atoms with Crippen molar-refractivity contribution >= 4 is 93.5 Å². The number of anilines is 3. The van der Waals surface area contributed by atoms with Gasteiger partial charge in [0.2, 0.25) is 0 Å². The van der Waals surface area contributed by atoms with Crippen molar-refractivity contribution in [3.05, 3.63) is 231 Å². The molecule has 0 spiro atoms. The maximum absolute atomic E-state index is 5.16. The lowest BCUT2D eigenvalue weighted by Crippen LogP contribution is -2.14. The first-order chi connectivity index (χ1) is 35.1. The summed E-state index contributed by atoms with van der Waals surface area (Å²) in [7, 11) is 0. The molecular weight excluding hydrogens is 941 g/mol. The van der Waals surface area contributed by atoms with Crippen molar-refractivity contribution in [3.8, 4) is 76.2 Å². The summed E-state index contributed by atoms with van der Waals surface area (Å²) in [5.74, 6) is 0. The molecule has 1 aliphatic heterocycles. The Kier molecular flexibility index (Phi) is 10.3. The van der Waals surface area contributed by atoms with Gasteiger partial charge in [-0.25, -0.2) is 15.0 Å². The zero-order valence-electron chi connectivity index (χ0n) is 37.9. The Morgan fingerprint density at radius 2 is 0.662 bits per heavy atom. The first-order valence-electron chi connectivity index (χ1n) is 23.5. The lowest BCUT2D eigenvalue weighted by molar-refractivity contribution is 1.17. The monoisotopic (exact) mass is 978 g/mol.